The number of amides is 1. The van der Waals surface area contributed by atoms with Crippen LogP contribution in [-0.4, -0.2) is 17.0 Å². The van der Waals surface area contributed by atoms with Gasteiger partial charge in [-0.3, -0.25) is 9.59 Å². The highest BCUT2D eigenvalue weighted by atomic mass is 16.4. The minimum absolute atomic E-state index is 0.0209. The molecule has 4 nitrogen and oxygen atoms in total. The molecular formula is C15H21NO3. The largest absolute Gasteiger partial charge is 0.481 e. The molecule has 1 rings (SSSR count). The van der Waals surface area contributed by atoms with E-state index < -0.39 is 5.97 Å². The fourth-order valence-electron chi connectivity index (χ4n) is 1.84. The summed E-state index contributed by atoms with van der Waals surface area (Å²) in [6.45, 7) is 1.96. The summed E-state index contributed by atoms with van der Waals surface area (Å²) in [7, 11) is 0. The number of para-hydroxylation sites is 1. The van der Waals surface area contributed by atoms with E-state index in [1.54, 1.807) is 0 Å². The summed E-state index contributed by atoms with van der Waals surface area (Å²) in [5.41, 5.74) is 1.91. The van der Waals surface area contributed by atoms with E-state index in [2.05, 4.69) is 5.32 Å². The van der Waals surface area contributed by atoms with Crippen molar-refractivity contribution < 1.29 is 14.7 Å². The number of aliphatic carboxylic acids is 1. The van der Waals surface area contributed by atoms with Crippen molar-refractivity contribution in [2.24, 2.45) is 0 Å². The number of carboxylic acid groups (broad SMARTS) is 1. The van der Waals surface area contributed by atoms with E-state index in [1.807, 2.05) is 31.2 Å². The quantitative estimate of drug-likeness (QED) is 0.707. The van der Waals surface area contributed by atoms with Crippen LogP contribution in [0.2, 0.25) is 0 Å². The summed E-state index contributed by atoms with van der Waals surface area (Å²) in [6.07, 6.45) is 3.96. The van der Waals surface area contributed by atoms with E-state index in [0.717, 1.165) is 30.5 Å². The number of anilines is 1. The molecule has 1 aromatic rings. The Balaban J connectivity index is 2.15. The van der Waals surface area contributed by atoms with Crippen LogP contribution in [0.5, 0.6) is 0 Å². The van der Waals surface area contributed by atoms with Gasteiger partial charge in [0.2, 0.25) is 5.91 Å². The van der Waals surface area contributed by atoms with E-state index in [0.29, 0.717) is 12.8 Å². The van der Waals surface area contributed by atoms with Gasteiger partial charge >= 0.3 is 5.97 Å². The van der Waals surface area contributed by atoms with E-state index in [4.69, 9.17) is 5.11 Å². The van der Waals surface area contributed by atoms with Crippen LogP contribution < -0.4 is 5.32 Å². The Kier molecular flexibility index (Phi) is 6.64. The Morgan fingerprint density at radius 2 is 1.68 bits per heavy atom. The van der Waals surface area contributed by atoms with Crippen molar-refractivity contribution in [3.8, 4) is 0 Å². The Bertz CT molecular complexity index is 429. The number of hydrogen-bond donors (Lipinski definition) is 2. The molecule has 0 saturated carbocycles. The zero-order valence-corrected chi connectivity index (χ0v) is 11.3. The lowest BCUT2D eigenvalue weighted by Crippen LogP contribution is -2.11. The lowest BCUT2D eigenvalue weighted by atomic mass is 10.1. The molecule has 0 aliphatic heterocycles. The highest BCUT2D eigenvalue weighted by Crippen LogP contribution is 2.14. The summed E-state index contributed by atoms with van der Waals surface area (Å²) in [4.78, 5) is 22.0. The van der Waals surface area contributed by atoms with E-state index in [-0.39, 0.29) is 12.3 Å². The molecule has 1 aromatic carbocycles. The summed E-state index contributed by atoms with van der Waals surface area (Å²) in [6, 6.07) is 7.68. The fraction of sp³-hybridized carbons (Fsp3) is 0.467. The average Bonchev–Trinajstić information content (AvgIpc) is 2.36. The number of nitrogens with one attached hydrogen (secondary N) is 1. The summed E-state index contributed by atoms with van der Waals surface area (Å²) in [5.74, 6) is -0.732. The van der Waals surface area contributed by atoms with Gasteiger partial charge in [-0.1, -0.05) is 31.0 Å². The second kappa shape index (κ2) is 8.29. The summed E-state index contributed by atoms with van der Waals surface area (Å²) in [5, 5.41) is 11.4. The first kappa shape index (κ1) is 15.2. The third-order valence-corrected chi connectivity index (χ3v) is 2.96. The molecule has 4 heteroatoms. The molecule has 1 amide bonds. The predicted molar refractivity (Wildman–Crippen MR) is 75.1 cm³/mol. The predicted octanol–water partition coefficient (Wildman–Crippen LogP) is 3.36. The first-order valence-corrected chi connectivity index (χ1v) is 6.67. The van der Waals surface area contributed by atoms with Crippen LogP contribution in [0.25, 0.3) is 0 Å². The lowest BCUT2D eigenvalue weighted by molar-refractivity contribution is -0.137. The number of carbonyl (C=O) groups is 2. The van der Waals surface area contributed by atoms with Crippen molar-refractivity contribution in [1.82, 2.24) is 0 Å². The Morgan fingerprint density at radius 3 is 2.32 bits per heavy atom. The molecule has 0 aromatic heterocycles. The highest BCUT2D eigenvalue weighted by molar-refractivity contribution is 5.91. The number of aryl methyl sites for hydroxylation is 1. The average molecular weight is 263 g/mol. The Hall–Kier alpha value is -1.84. The van der Waals surface area contributed by atoms with E-state index in [1.165, 1.54) is 0 Å². The van der Waals surface area contributed by atoms with Crippen molar-refractivity contribution in [3.63, 3.8) is 0 Å². The fourth-order valence-corrected chi connectivity index (χ4v) is 1.84. The molecule has 104 valence electrons. The molecule has 0 fully saturated rings. The van der Waals surface area contributed by atoms with Crippen LogP contribution in [0.1, 0.15) is 44.1 Å². The van der Waals surface area contributed by atoms with Gasteiger partial charge in [0.25, 0.3) is 0 Å². The van der Waals surface area contributed by atoms with E-state index in [9.17, 15) is 9.59 Å². The molecule has 0 heterocycles. The third-order valence-electron chi connectivity index (χ3n) is 2.96. The van der Waals surface area contributed by atoms with Gasteiger partial charge in [-0.05, 0) is 31.4 Å². The second-order valence-corrected chi connectivity index (χ2v) is 4.67. The maximum atomic E-state index is 11.7. The summed E-state index contributed by atoms with van der Waals surface area (Å²) >= 11 is 0. The number of hydrogen-bond acceptors (Lipinski definition) is 2. The molecule has 0 bridgehead atoms. The van der Waals surface area contributed by atoms with Crippen LogP contribution in [0.3, 0.4) is 0 Å². The molecule has 19 heavy (non-hydrogen) atoms. The number of unbranched alkanes of at least 4 members (excludes halogenated alkanes) is 3. The number of carbonyl (C=O) groups excluding carboxylic acids is 1. The second-order valence-electron chi connectivity index (χ2n) is 4.67. The SMILES string of the molecule is Cc1ccccc1NC(=O)CCCCCCC(=O)O. The maximum Gasteiger partial charge on any atom is 0.303 e. The monoisotopic (exact) mass is 263 g/mol. The zero-order valence-electron chi connectivity index (χ0n) is 11.3. The standard InChI is InChI=1S/C15H21NO3/c1-12-8-6-7-9-13(12)16-14(17)10-4-2-3-5-11-15(18)19/h6-9H,2-5,10-11H2,1H3,(H,16,17)(H,18,19). The zero-order chi connectivity index (χ0) is 14.1. The topological polar surface area (TPSA) is 66.4 Å². The lowest BCUT2D eigenvalue weighted by Gasteiger charge is -2.07. The molecule has 0 aliphatic carbocycles. The molecule has 0 saturated heterocycles. The first-order valence-electron chi connectivity index (χ1n) is 6.67. The van der Waals surface area contributed by atoms with Gasteiger partial charge in [-0.15, -0.1) is 0 Å². The van der Waals surface area contributed by atoms with Crippen molar-refractivity contribution in [2.45, 2.75) is 45.4 Å². The third kappa shape index (κ3) is 6.60. The van der Waals surface area contributed by atoms with Crippen molar-refractivity contribution in [2.75, 3.05) is 5.32 Å². The van der Waals surface area contributed by atoms with Crippen LogP contribution in [-0.2, 0) is 9.59 Å². The summed E-state index contributed by atoms with van der Waals surface area (Å²) < 4.78 is 0. The van der Waals surface area contributed by atoms with Crippen LogP contribution in [0.15, 0.2) is 24.3 Å². The van der Waals surface area contributed by atoms with Crippen LogP contribution in [0, 0.1) is 6.92 Å². The molecule has 0 radical (unpaired) electrons. The minimum Gasteiger partial charge on any atom is -0.481 e. The van der Waals surface area contributed by atoms with Crippen LogP contribution >= 0.6 is 0 Å². The number of benzene rings is 1. The molecular weight excluding hydrogens is 242 g/mol. The maximum absolute atomic E-state index is 11.7. The molecule has 2 N–H and O–H groups in total. The minimum atomic E-state index is -0.753. The van der Waals surface area contributed by atoms with Gasteiger partial charge < -0.3 is 10.4 Å². The van der Waals surface area contributed by atoms with Gasteiger partial charge in [0.1, 0.15) is 0 Å². The molecule has 0 aliphatic rings. The van der Waals surface area contributed by atoms with E-state index >= 15 is 0 Å². The number of carboxylic acids is 1. The Labute approximate surface area is 113 Å². The van der Waals surface area contributed by atoms with Gasteiger partial charge in [0, 0.05) is 18.5 Å². The molecule has 0 atom stereocenters. The van der Waals surface area contributed by atoms with Crippen molar-refractivity contribution in [3.05, 3.63) is 29.8 Å². The van der Waals surface area contributed by atoms with Crippen LogP contribution in [0.4, 0.5) is 5.69 Å². The van der Waals surface area contributed by atoms with Gasteiger partial charge in [0.15, 0.2) is 0 Å². The Morgan fingerprint density at radius 1 is 1.05 bits per heavy atom. The highest BCUT2D eigenvalue weighted by Gasteiger charge is 2.04. The normalized spacial score (nSPS) is 10.2. The van der Waals surface area contributed by atoms with Gasteiger partial charge in [0.05, 0.1) is 0 Å². The first-order chi connectivity index (χ1) is 9.09. The van der Waals surface area contributed by atoms with Crippen molar-refractivity contribution in [1.29, 1.82) is 0 Å². The molecule has 0 unspecified atom stereocenters. The van der Waals surface area contributed by atoms with Crippen molar-refractivity contribution >= 4 is 17.6 Å². The number of rotatable bonds is 8. The smallest absolute Gasteiger partial charge is 0.303 e. The van der Waals surface area contributed by atoms with Gasteiger partial charge in [-0.2, -0.15) is 0 Å². The van der Waals surface area contributed by atoms with Gasteiger partial charge in [-0.25, -0.2) is 0 Å². The molecule has 0 spiro atoms.